The second-order valence-electron chi connectivity index (χ2n) is 4.80. The summed E-state index contributed by atoms with van der Waals surface area (Å²) in [5.41, 5.74) is 5.58. The molecule has 0 aliphatic heterocycles. The van der Waals surface area contributed by atoms with E-state index in [1.54, 1.807) is 0 Å². The van der Waals surface area contributed by atoms with Crippen molar-refractivity contribution in [2.24, 2.45) is 17.6 Å². The summed E-state index contributed by atoms with van der Waals surface area (Å²) in [6.45, 7) is 0.699. The molecule has 16 heavy (non-hydrogen) atoms. The predicted octanol–water partition coefficient (Wildman–Crippen LogP) is 0.755. The van der Waals surface area contributed by atoms with Gasteiger partial charge in [0.25, 0.3) is 0 Å². The van der Waals surface area contributed by atoms with Crippen LogP contribution in [0.5, 0.6) is 0 Å². The van der Waals surface area contributed by atoms with E-state index in [1.165, 1.54) is 6.26 Å². The van der Waals surface area contributed by atoms with E-state index < -0.39 is 9.84 Å². The highest BCUT2D eigenvalue weighted by atomic mass is 32.2. The average molecular weight is 247 g/mol. The molecule has 1 aliphatic rings. The summed E-state index contributed by atoms with van der Waals surface area (Å²) in [5, 5.41) is 0. The summed E-state index contributed by atoms with van der Waals surface area (Å²) >= 11 is 0. The number of hydrogen-bond acceptors (Lipinski definition) is 4. The lowest BCUT2D eigenvalue weighted by molar-refractivity contribution is -0.123. The minimum Gasteiger partial charge on any atom is -0.330 e. The molecule has 0 atom stereocenters. The monoisotopic (exact) mass is 247 g/mol. The Labute approximate surface area is 97.5 Å². The molecular weight excluding hydrogens is 226 g/mol. The maximum absolute atomic E-state index is 11.7. The molecule has 0 radical (unpaired) electrons. The minimum absolute atomic E-state index is 0.0113. The third-order valence-corrected chi connectivity index (χ3v) is 4.30. The minimum atomic E-state index is -3.01. The van der Waals surface area contributed by atoms with Gasteiger partial charge in [0.1, 0.15) is 15.6 Å². The number of rotatable bonds is 5. The Balaban J connectivity index is 2.34. The molecule has 0 saturated heterocycles. The fourth-order valence-corrected chi connectivity index (χ4v) is 2.78. The predicted molar refractivity (Wildman–Crippen MR) is 63.8 cm³/mol. The molecule has 5 heteroatoms. The number of carbonyl (C=O) groups excluding carboxylic acids is 1. The lowest BCUT2D eigenvalue weighted by atomic mass is 9.79. The van der Waals surface area contributed by atoms with Crippen LogP contribution in [0.3, 0.4) is 0 Å². The van der Waals surface area contributed by atoms with E-state index in [9.17, 15) is 13.2 Å². The van der Waals surface area contributed by atoms with E-state index in [0.717, 1.165) is 25.7 Å². The normalized spacial score (nSPS) is 26.6. The molecule has 2 N–H and O–H groups in total. The van der Waals surface area contributed by atoms with Crippen LogP contribution in [0.4, 0.5) is 0 Å². The van der Waals surface area contributed by atoms with E-state index in [1.807, 2.05) is 0 Å². The highest BCUT2D eigenvalue weighted by Gasteiger charge is 2.25. The Bertz CT molecular complexity index is 329. The van der Waals surface area contributed by atoms with Gasteiger partial charge in [0.2, 0.25) is 0 Å². The van der Waals surface area contributed by atoms with Gasteiger partial charge < -0.3 is 5.73 Å². The number of Topliss-reactive ketones (excluding diaryl/α,β-unsaturated/α-hetero) is 1. The first-order chi connectivity index (χ1) is 7.42. The van der Waals surface area contributed by atoms with E-state index in [0.29, 0.717) is 12.5 Å². The Morgan fingerprint density at radius 1 is 1.25 bits per heavy atom. The average Bonchev–Trinajstić information content (AvgIpc) is 2.25. The van der Waals surface area contributed by atoms with Crippen molar-refractivity contribution < 1.29 is 13.2 Å². The molecule has 0 heterocycles. The topological polar surface area (TPSA) is 77.2 Å². The van der Waals surface area contributed by atoms with Crippen LogP contribution in [-0.4, -0.2) is 32.8 Å². The summed E-state index contributed by atoms with van der Waals surface area (Å²) in [6.07, 6.45) is 5.12. The number of carbonyl (C=O) groups is 1. The summed E-state index contributed by atoms with van der Waals surface area (Å²) in [7, 11) is -3.01. The van der Waals surface area contributed by atoms with Crippen molar-refractivity contribution >= 4 is 15.6 Å². The van der Waals surface area contributed by atoms with Gasteiger partial charge in [-0.25, -0.2) is 8.42 Å². The zero-order valence-corrected chi connectivity index (χ0v) is 10.6. The molecule has 4 nitrogen and oxygen atoms in total. The summed E-state index contributed by atoms with van der Waals surface area (Å²) in [6, 6.07) is 0. The molecule has 0 aromatic rings. The largest absolute Gasteiger partial charge is 0.330 e. The lowest BCUT2D eigenvalue weighted by Gasteiger charge is -2.26. The Morgan fingerprint density at radius 2 is 1.81 bits per heavy atom. The summed E-state index contributed by atoms with van der Waals surface area (Å²) in [4.78, 5) is 11.7. The summed E-state index contributed by atoms with van der Waals surface area (Å²) in [5.74, 6) is 0.729. The van der Waals surface area contributed by atoms with Gasteiger partial charge in [0.05, 0.1) is 5.75 Å². The van der Waals surface area contributed by atoms with Crippen LogP contribution in [0.2, 0.25) is 0 Å². The first kappa shape index (κ1) is 13.6. The van der Waals surface area contributed by atoms with E-state index >= 15 is 0 Å². The van der Waals surface area contributed by atoms with Crippen LogP contribution in [0.25, 0.3) is 0 Å². The molecule has 0 bridgehead atoms. The van der Waals surface area contributed by atoms with Crippen molar-refractivity contribution in [2.75, 3.05) is 18.6 Å². The van der Waals surface area contributed by atoms with Gasteiger partial charge in [0, 0.05) is 18.6 Å². The molecule has 0 aromatic carbocycles. The smallest absolute Gasteiger partial charge is 0.147 e. The second kappa shape index (κ2) is 5.77. The van der Waals surface area contributed by atoms with Crippen LogP contribution < -0.4 is 5.73 Å². The second-order valence-corrected chi connectivity index (χ2v) is 7.06. The SMILES string of the molecule is CS(=O)(=O)CCC(=O)C1CCC(CN)CC1. The van der Waals surface area contributed by atoms with E-state index in [2.05, 4.69) is 0 Å². The van der Waals surface area contributed by atoms with Gasteiger partial charge in [-0.2, -0.15) is 0 Å². The highest BCUT2D eigenvalue weighted by Crippen LogP contribution is 2.29. The van der Waals surface area contributed by atoms with Crippen LogP contribution in [0.15, 0.2) is 0 Å². The molecule has 0 amide bonds. The maximum atomic E-state index is 11.7. The van der Waals surface area contributed by atoms with Gasteiger partial charge in [-0.3, -0.25) is 4.79 Å². The third kappa shape index (κ3) is 4.61. The highest BCUT2D eigenvalue weighted by molar-refractivity contribution is 7.90. The molecule has 0 unspecified atom stereocenters. The van der Waals surface area contributed by atoms with Gasteiger partial charge in [-0.15, -0.1) is 0 Å². The van der Waals surface area contributed by atoms with Crippen LogP contribution in [0.1, 0.15) is 32.1 Å². The molecule has 94 valence electrons. The van der Waals surface area contributed by atoms with Gasteiger partial charge in [-0.05, 0) is 38.1 Å². The van der Waals surface area contributed by atoms with E-state index in [4.69, 9.17) is 5.73 Å². The quantitative estimate of drug-likeness (QED) is 0.778. The van der Waals surface area contributed by atoms with E-state index in [-0.39, 0.29) is 23.9 Å². The number of sulfone groups is 1. The van der Waals surface area contributed by atoms with Crippen LogP contribution in [-0.2, 0) is 14.6 Å². The lowest BCUT2D eigenvalue weighted by Crippen LogP contribution is -2.26. The number of hydrogen-bond donors (Lipinski definition) is 1. The fraction of sp³-hybridized carbons (Fsp3) is 0.909. The molecule has 0 aromatic heterocycles. The van der Waals surface area contributed by atoms with Gasteiger partial charge in [0.15, 0.2) is 0 Å². The number of nitrogens with two attached hydrogens (primary N) is 1. The zero-order chi connectivity index (χ0) is 12.2. The molecule has 1 fully saturated rings. The first-order valence-corrected chi connectivity index (χ1v) is 7.89. The Morgan fingerprint density at radius 3 is 2.25 bits per heavy atom. The molecule has 1 aliphatic carbocycles. The van der Waals surface area contributed by atoms with Crippen molar-refractivity contribution in [3.05, 3.63) is 0 Å². The van der Waals surface area contributed by atoms with Crippen molar-refractivity contribution in [3.63, 3.8) is 0 Å². The zero-order valence-electron chi connectivity index (χ0n) is 9.81. The molecular formula is C11H21NO3S. The fourth-order valence-electron chi connectivity index (χ4n) is 2.21. The van der Waals surface area contributed by atoms with Crippen molar-refractivity contribution in [1.82, 2.24) is 0 Å². The first-order valence-electron chi connectivity index (χ1n) is 5.83. The van der Waals surface area contributed by atoms with Gasteiger partial charge in [-0.1, -0.05) is 0 Å². The molecule has 0 spiro atoms. The third-order valence-electron chi connectivity index (χ3n) is 3.35. The van der Waals surface area contributed by atoms with Crippen molar-refractivity contribution in [3.8, 4) is 0 Å². The summed E-state index contributed by atoms with van der Waals surface area (Å²) < 4.78 is 21.9. The van der Waals surface area contributed by atoms with Crippen molar-refractivity contribution in [2.45, 2.75) is 32.1 Å². The van der Waals surface area contributed by atoms with Crippen LogP contribution >= 0.6 is 0 Å². The maximum Gasteiger partial charge on any atom is 0.147 e. The Hall–Kier alpha value is -0.420. The molecule has 1 saturated carbocycles. The van der Waals surface area contributed by atoms with Gasteiger partial charge >= 0.3 is 0 Å². The Kier molecular flexibility index (Phi) is 4.92. The van der Waals surface area contributed by atoms with Crippen LogP contribution in [0, 0.1) is 11.8 Å². The standard InChI is InChI=1S/C11H21NO3S/c1-16(14,15)7-6-11(13)10-4-2-9(8-12)3-5-10/h9-10H,2-8,12H2,1H3. The van der Waals surface area contributed by atoms with Crippen molar-refractivity contribution in [1.29, 1.82) is 0 Å². The molecule has 1 rings (SSSR count). The number of ketones is 1.